The van der Waals surface area contributed by atoms with Crippen molar-refractivity contribution in [2.45, 2.75) is 53.1 Å². The number of fused-ring (bicyclic) bond motifs is 1. The molecule has 114 valence electrons. The zero-order valence-electron chi connectivity index (χ0n) is 12.9. The van der Waals surface area contributed by atoms with Crippen LogP contribution in [0.25, 0.3) is 5.78 Å². The Labute approximate surface area is 129 Å². The Morgan fingerprint density at radius 2 is 2.14 bits per heavy atom. The zero-order valence-corrected chi connectivity index (χ0v) is 13.7. The highest BCUT2D eigenvalue weighted by atomic mass is 35.5. The van der Waals surface area contributed by atoms with Gasteiger partial charge in [0.05, 0.1) is 0 Å². The van der Waals surface area contributed by atoms with Gasteiger partial charge < -0.3 is 4.74 Å². The van der Waals surface area contributed by atoms with E-state index in [9.17, 15) is 0 Å². The third-order valence-corrected chi connectivity index (χ3v) is 4.54. The molecule has 1 saturated carbocycles. The fraction of sp³-hybridized carbons (Fsp3) is 0.667. The summed E-state index contributed by atoms with van der Waals surface area (Å²) in [5.41, 5.74) is 1.11. The summed E-state index contributed by atoms with van der Waals surface area (Å²) in [5.74, 6) is 1.80. The first-order chi connectivity index (χ1) is 9.85. The lowest BCUT2D eigenvalue weighted by Crippen LogP contribution is -2.34. The van der Waals surface area contributed by atoms with Crippen LogP contribution in [0.5, 0.6) is 5.88 Å². The van der Waals surface area contributed by atoms with Crippen molar-refractivity contribution in [2.75, 3.05) is 0 Å². The molecule has 1 aliphatic carbocycles. The van der Waals surface area contributed by atoms with Gasteiger partial charge in [0.1, 0.15) is 17.6 Å². The van der Waals surface area contributed by atoms with Gasteiger partial charge in [-0.25, -0.2) is 0 Å². The minimum Gasteiger partial charge on any atom is -0.474 e. The van der Waals surface area contributed by atoms with Crippen LogP contribution in [0.2, 0.25) is 5.15 Å². The van der Waals surface area contributed by atoms with Crippen molar-refractivity contribution < 1.29 is 4.74 Å². The predicted molar refractivity (Wildman–Crippen MR) is 81.7 cm³/mol. The molecule has 1 aliphatic rings. The van der Waals surface area contributed by atoms with E-state index < -0.39 is 0 Å². The maximum atomic E-state index is 6.28. The largest absolute Gasteiger partial charge is 0.474 e. The summed E-state index contributed by atoms with van der Waals surface area (Å²) >= 11 is 6.18. The topological polar surface area (TPSA) is 52.3 Å². The quantitative estimate of drug-likeness (QED) is 0.794. The highest BCUT2D eigenvalue weighted by molar-refractivity contribution is 6.30. The number of aromatic nitrogens is 4. The van der Waals surface area contributed by atoms with E-state index in [0.29, 0.717) is 28.1 Å². The monoisotopic (exact) mass is 308 g/mol. The van der Waals surface area contributed by atoms with Crippen molar-refractivity contribution in [1.82, 2.24) is 19.6 Å². The molecule has 2 unspecified atom stereocenters. The molecule has 0 bridgehead atoms. The normalized spacial score (nSPS) is 25.2. The molecule has 0 N–H and O–H groups in total. The van der Waals surface area contributed by atoms with Crippen LogP contribution in [0.4, 0.5) is 0 Å². The molecule has 1 fully saturated rings. The van der Waals surface area contributed by atoms with E-state index >= 15 is 0 Å². The molecule has 0 amide bonds. The Morgan fingerprint density at radius 3 is 2.86 bits per heavy atom. The number of nitrogens with zero attached hydrogens (tertiary/aromatic N) is 4. The molecule has 0 radical (unpaired) electrons. The Bertz CT molecular complexity index is 667. The zero-order chi connectivity index (χ0) is 15.2. The first-order valence-electron chi connectivity index (χ1n) is 7.38. The van der Waals surface area contributed by atoms with Crippen molar-refractivity contribution in [2.24, 2.45) is 11.3 Å². The van der Waals surface area contributed by atoms with Gasteiger partial charge in [0, 0.05) is 5.56 Å². The molecule has 3 rings (SSSR count). The smallest absolute Gasteiger partial charge is 0.256 e. The summed E-state index contributed by atoms with van der Waals surface area (Å²) in [4.78, 5) is 8.30. The van der Waals surface area contributed by atoms with Crippen LogP contribution in [-0.4, -0.2) is 25.7 Å². The predicted octanol–water partition coefficient (Wildman–Crippen LogP) is 3.68. The van der Waals surface area contributed by atoms with E-state index in [1.54, 1.807) is 4.52 Å². The Kier molecular flexibility index (Phi) is 3.56. The Morgan fingerprint density at radius 1 is 1.38 bits per heavy atom. The lowest BCUT2D eigenvalue weighted by atomic mass is 9.71. The molecule has 2 aromatic rings. The van der Waals surface area contributed by atoms with Crippen LogP contribution in [0.3, 0.4) is 0 Å². The number of hydrogen-bond donors (Lipinski definition) is 0. The maximum Gasteiger partial charge on any atom is 0.256 e. The second-order valence-corrected chi connectivity index (χ2v) is 7.32. The van der Waals surface area contributed by atoms with Gasteiger partial charge in [-0.2, -0.15) is 19.6 Å². The fourth-order valence-electron chi connectivity index (χ4n) is 3.52. The Hall–Kier alpha value is -1.36. The van der Waals surface area contributed by atoms with Crippen LogP contribution in [0.1, 0.15) is 45.6 Å². The standard InChI is InChI=1S/C15H21ClN4O/c1-9-5-11(7-15(3,4)6-9)21-13-10(2)12(16)19-14-17-8-18-20(13)14/h8-9,11H,5-7H2,1-4H3. The fourth-order valence-corrected chi connectivity index (χ4v) is 3.67. The maximum absolute atomic E-state index is 6.28. The minimum absolute atomic E-state index is 0.174. The Balaban J connectivity index is 1.94. The molecule has 21 heavy (non-hydrogen) atoms. The van der Waals surface area contributed by atoms with Crippen LogP contribution in [-0.2, 0) is 0 Å². The number of ether oxygens (including phenoxy) is 1. The molecular formula is C15H21ClN4O. The van der Waals surface area contributed by atoms with Gasteiger partial charge in [0.25, 0.3) is 5.78 Å². The van der Waals surface area contributed by atoms with Crippen molar-refractivity contribution >= 4 is 17.4 Å². The van der Waals surface area contributed by atoms with Gasteiger partial charge in [0.15, 0.2) is 0 Å². The molecular weight excluding hydrogens is 288 g/mol. The number of halogens is 1. The number of hydrogen-bond acceptors (Lipinski definition) is 4. The van der Waals surface area contributed by atoms with Crippen LogP contribution < -0.4 is 4.74 Å². The van der Waals surface area contributed by atoms with Crippen molar-refractivity contribution in [3.8, 4) is 5.88 Å². The van der Waals surface area contributed by atoms with E-state index in [2.05, 4.69) is 35.8 Å². The highest BCUT2D eigenvalue weighted by Gasteiger charge is 2.34. The molecule has 0 spiro atoms. The van der Waals surface area contributed by atoms with Gasteiger partial charge >= 0.3 is 0 Å². The van der Waals surface area contributed by atoms with E-state index in [4.69, 9.17) is 16.3 Å². The van der Waals surface area contributed by atoms with Crippen molar-refractivity contribution in [3.05, 3.63) is 17.0 Å². The van der Waals surface area contributed by atoms with Crippen LogP contribution in [0.15, 0.2) is 6.33 Å². The first-order valence-corrected chi connectivity index (χ1v) is 7.76. The van der Waals surface area contributed by atoms with Gasteiger partial charge in [-0.05, 0) is 37.5 Å². The second kappa shape index (κ2) is 5.13. The second-order valence-electron chi connectivity index (χ2n) is 6.96. The van der Waals surface area contributed by atoms with Crippen LogP contribution >= 0.6 is 11.6 Å². The summed E-state index contributed by atoms with van der Waals surface area (Å²) in [7, 11) is 0. The highest BCUT2D eigenvalue weighted by Crippen LogP contribution is 2.40. The molecule has 0 aliphatic heterocycles. The lowest BCUT2D eigenvalue weighted by Gasteiger charge is -2.38. The molecule has 6 heteroatoms. The molecule has 5 nitrogen and oxygen atoms in total. The van der Waals surface area contributed by atoms with Gasteiger partial charge in [-0.3, -0.25) is 0 Å². The van der Waals surface area contributed by atoms with Crippen LogP contribution in [0, 0.1) is 18.3 Å². The third-order valence-electron chi connectivity index (χ3n) is 4.18. The molecule has 2 atom stereocenters. The van der Waals surface area contributed by atoms with E-state index in [-0.39, 0.29) is 6.10 Å². The summed E-state index contributed by atoms with van der Waals surface area (Å²) in [6.45, 7) is 8.80. The summed E-state index contributed by atoms with van der Waals surface area (Å²) in [5, 5.41) is 4.63. The SMILES string of the molecule is Cc1c(Cl)nc2ncnn2c1OC1CC(C)CC(C)(C)C1. The molecule has 2 heterocycles. The van der Waals surface area contributed by atoms with E-state index in [1.807, 2.05) is 6.92 Å². The third kappa shape index (κ3) is 2.84. The lowest BCUT2D eigenvalue weighted by molar-refractivity contribution is 0.0511. The summed E-state index contributed by atoms with van der Waals surface area (Å²) < 4.78 is 7.91. The molecule has 0 aromatic carbocycles. The molecule has 0 saturated heterocycles. The first kappa shape index (κ1) is 14.6. The summed E-state index contributed by atoms with van der Waals surface area (Å²) in [6, 6.07) is 0. The average molecular weight is 309 g/mol. The van der Waals surface area contributed by atoms with Crippen molar-refractivity contribution in [3.63, 3.8) is 0 Å². The van der Waals surface area contributed by atoms with Gasteiger partial charge in [0.2, 0.25) is 5.88 Å². The van der Waals surface area contributed by atoms with E-state index in [1.165, 1.54) is 12.7 Å². The van der Waals surface area contributed by atoms with E-state index in [0.717, 1.165) is 18.4 Å². The van der Waals surface area contributed by atoms with Gasteiger partial charge in [-0.15, -0.1) is 0 Å². The summed E-state index contributed by atoms with van der Waals surface area (Å²) in [6.07, 6.45) is 4.97. The number of rotatable bonds is 2. The average Bonchev–Trinajstić information content (AvgIpc) is 2.80. The minimum atomic E-state index is 0.174. The molecule has 2 aromatic heterocycles. The van der Waals surface area contributed by atoms with Crippen molar-refractivity contribution in [1.29, 1.82) is 0 Å². The van der Waals surface area contributed by atoms with Gasteiger partial charge in [-0.1, -0.05) is 32.4 Å².